The minimum atomic E-state index is -0.0618. The van der Waals surface area contributed by atoms with Gasteiger partial charge in [0.2, 0.25) is 0 Å². The van der Waals surface area contributed by atoms with Crippen LogP contribution in [0.5, 0.6) is 0 Å². The molecule has 0 radical (unpaired) electrons. The topological polar surface area (TPSA) is 35.2 Å². The lowest BCUT2D eigenvalue weighted by Crippen LogP contribution is -2.35. The molecule has 1 aromatic rings. The normalized spacial score (nSPS) is 20.8. The number of rotatable bonds is 5. The molecule has 0 spiro atoms. The third-order valence-corrected chi connectivity index (χ3v) is 5.25. The molecule has 0 aliphatic carbocycles. The molecule has 0 aromatic heterocycles. The van der Waals surface area contributed by atoms with Crippen LogP contribution in [0.3, 0.4) is 0 Å². The lowest BCUT2D eigenvalue weighted by atomic mass is 9.96. The standard InChI is InChI=1S/C15H23NOS/c1-15(2,17-3)9-8-12(16)14-10-11-6-4-5-7-13(11)18-14/h4-7,12,14H,8-10,16H2,1-3H3. The molecule has 2 unspecified atom stereocenters. The van der Waals surface area contributed by atoms with Crippen molar-refractivity contribution in [1.29, 1.82) is 0 Å². The number of fused-ring (bicyclic) bond motifs is 1. The van der Waals surface area contributed by atoms with Gasteiger partial charge in [0, 0.05) is 23.3 Å². The minimum Gasteiger partial charge on any atom is -0.379 e. The molecule has 1 aliphatic rings. The summed E-state index contributed by atoms with van der Waals surface area (Å²) in [5.74, 6) is 0. The summed E-state index contributed by atoms with van der Waals surface area (Å²) in [5.41, 5.74) is 7.73. The second-order valence-corrected chi connectivity index (χ2v) is 6.92. The van der Waals surface area contributed by atoms with Crippen LogP contribution in [0.2, 0.25) is 0 Å². The smallest absolute Gasteiger partial charge is 0.0623 e. The van der Waals surface area contributed by atoms with Crippen LogP contribution >= 0.6 is 11.8 Å². The first-order chi connectivity index (χ1) is 8.52. The minimum absolute atomic E-state index is 0.0618. The Hall–Kier alpha value is -0.510. The zero-order valence-corrected chi connectivity index (χ0v) is 12.3. The molecule has 0 fully saturated rings. The van der Waals surface area contributed by atoms with Crippen molar-refractivity contribution < 1.29 is 4.74 Å². The molecular formula is C15H23NOS. The fraction of sp³-hybridized carbons (Fsp3) is 0.600. The van der Waals surface area contributed by atoms with Gasteiger partial charge in [0.25, 0.3) is 0 Å². The highest BCUT2D eigenvalue weighted by Gasteiger charge is 2.28. The Bertz CT molecular complexity index is 380. The predicted octanol–water partition coefficient (Wildman–Crippen LogP) is 3.24. The quantitative estimate of drug-likeness (QED) is 0.887. The molecule has 2 rings (SSSR count). The highest BCUT2D eigenvalue weighted by Crippen LogP contribution is 2.38. The zero-order chi connectivity index (χ0) is 13.2. The van der Waals surface area contributed by atoms with E-state index in [1.54, 1.807) is 7.11 Å². The van der Waals surface area contributed by atoms with Gasteiger partial charge in [-0.1, -0.05) is 18.2 Å². The van der Waals surface area contributed by atoms with Crippen molar-refractivity contribution in [3.63, 3.8) is 0 Å². The number of ether oxygens (including phenoxy) is 1. The average molecular weight is 265 g/mol. The Morgan fingerprint density at radius 2 is 2.17 bits per heavy atom. The van der Waals surface area contributed by atoms with E-state index in [0.717, 1.165) is 19.3 Å². The van der Waals surface area contributed by atoms with Gasteiger partial charge in [-0.15, -0.1) is 11.8 Å². The summed E-state index contributed by atoms with van der Waals surface area (Å²) in [6, 6.07) is 8.88. The van der Waals surface area contributed by atoms with Crippen LogP contribution in [-0.2, 0) is 11.2 Å². The lowest BCUT2D eigenvalue weighted by Gasteiger charge is -2.26. The number of methoxy groups -OCH3 is 1. The maximum Gasteiger partial charge on any atom is 0.0623 e. The summed E-state index contributed by atoms with van der Waals surface area (Å²) < 4.78 is 5.45. The molecule has 100 valence electrons. The Morgan fingerprint density at radius 1 is 1.44 bits per heavy atom. The van der Waals surface area contributed by atoms with E-state index in [2.05, 4.69) is 38.1 Å². The van der Waals surface area contributed by atoms with E-state index in [9.17, 15) is 0 Å². The molecule has 0 amide bonds. The van der Waals surface area contributed by atoms with Gasteiger partial charge in [0.05, 0.1) is 5.60 Å². The van der Waals surface area contributed by atoms with Gasteiger partial charge in [-0.05, 0) is 44.7 Å². The monoisotopic (exact) mass is 265 g/mol. The Morgan fingerprint density at radius 3 is 2.83 bits per heavy atom. The number of hydrogen-bond donors (Lipinski definition) is 1. The van der Waals surface area contributed by atoms with E-state index in [1.165, 1.54) is 10.5 Å². The summed E-state index contributed by atoms with van der Waals surface area (Å²) in [7, 11) is 1.77. The SMILES string of the molecule is COC(C)(C)CCC(N)C1Cc2ccccc2S1. The maximum atomic E-state index is 6.34. The second-order valence-electron chi connectivity index (χ2n) is 5.63. The van der Waals surface area contributed by atoms with E-state index < -0.39 is 0 Å². The molecule has 1 aliphatic heterocycles. The van der Waals surface area contributed by atoms with Crippen LogP contribution in [-0.4, -0.2) is 24.0 Å². The molecular weight excluding hydrogens is 242 g/mol. The van der Waals surface area contributed by atoms with Crippen LogP contribution in [0.15, 0.2) is 29.2 Å². The lowest BCUT2D eigenvalue weighted by molar-refractivity contribution is 0.0125. The van der Waals surface area contributed by atoms with Crippen LogP contribution in [0, 0.1) is 0 Å². The molecule has 1 aromatic carbocycles. The van der Waals surface area contributed by atoms with E-state index >= 15 is 0 Å². The summed E-state index contributed by atoms with van der Waals surface area (Å²) in [4.78, 5) is 1.41. The number of nitrogens with two attached hydrogens (primary N) is 1. The largest absolute Gasteiger partial charge is 0.379 e. The molecule has 0 saturated carbocycles. The van der Waals surface area contributed by atoms with Gasteiger partial charge < -0.3 is 10.5 Å². The maximum absolute atomic E-state index is 6.34. The number of benzene rings is 1. The van der Waals surface area contributed by atoms with Crippen LogP contribution in [0.1, 0.15) is 32.3 Å². The van der Waals surface area contributed by atoms with Crippen molar-refractivity contribution in [2.75, 3.05) is 7.11 Å². The molecule has 2 atom stereocenters. The Labute approximate surface area is 114 Å². The summed E-state index contributed by atoms with van der Waals surface area (Å²) >= 11 is 1.94. The molecule has 2 N–H and O–H groups in total. The Kier molecular flexibility index (Phi) is 4.36. The zero-order valence-electron chi connectivity index (χ0n) is 11.5. The van der Waals surface area contributed by atoms with E-state index in [-0.39, 0.29) is 11.6 Å². The van der Waals surface area contributed by atoms with Gasteiger partial charge >= 0.3 is 0 Å². The highest BCUT2D eigenvalue weighted by atomic mass is 32.2. The number of hydrogen-bond acceptors (Lipinski definition) is 3. The van der Waals surface area contributed by atoms with Crippen molar-refractivity contribution in [3.8, 4) is 0 Å². The summed E-state index contributed by atoms with van der Waals surface area (Å²) in [6.45, 7) is 4.24. The highest BCUT2D eigenvalue weighted by molar-refractivity contribution is 8.00. The van der Waals surface area contributed by atoms with Crippen molar-refractivity contribution >= 4 is 11.8 Å². The van der Waals surface area contributed by atoms with Crippen molar-refractivity contribution in [2.45, 2.75) is 54.9 Å². The molecule has 2 nitrogen and oxygen atoms in total. The van der Waals surface area contributed by atoms with E-state index in [0.29, 0.717) is 5.25 Å². The van der Waals surface area contributed by atoms with Gasteiger partial charge in [-0.3, -0.25) is 0 Å². The Balaban J connectivity index is 1.88. The van der Waals surface area contributed by atoms with E-state index in [4.69, 9.17) is 10.5 Å². The first-order valence-corrected chi connectivity index (χ1v) is 7.45. The first-order valence-electron chi connectivity index (χ1n) is 6.57. The third kappa shape index (κ3) is 3.28. The van der Waals surface area contributed by atoms with Crippen molar-refractivity contribution in [3.05, 3.63) is 29.8 Å². The molecule has 3 heteroatoms. The third-order valence-electron chi connectivity index (χ3n) is 3.78. The van der Waals surface area contributed by atoms with Gasteiger partial charge in [0.1, 0.15) is 0 Å². The summed E-state index contributed by atoms with van der Waals surface area (Å²) in [6.07, 6.45) is 3.14. The van der Waals surface area contributed by atoms with Crippen LogP contribution < -0.4 is 5.73 Å². The first kappa shape index (κ1) is 13.9. The van der Waals surface area contributed by atoms with Crippen LogP contribution in [0.4, 0.5) is 0 Å². The van der Waals surface area contributed by atoms with Gasteiger partial charge in [-0.2, -0.15) is 0 Å². The summed E-state index contributed by atoms with van der Waals surface area (Å²) in [5, 5.41) is 0.523. The van der Waals surface area contributed by atoms with Crippen molar-refractivity contribution in [2.24, 2.45) is 5.73 Å². The predicted molar refractivity (Wildman–Crippen MR) is 78.1 cm³/mol. The fourth-order valence-electron chi connectivity index (χ4n) is 2.25. The van der Waals surface area contributed by atoms with Gasteiger partial charge in [-0.25, -0.2) is 0 Å². The second kappa shape index (κ2) is 5.64. The number of thioether (sulfide) groups is 1. The van der Waals surface area contributed by atoms with E-state index in [1.807, 2.05) is 11.8 Å². The molecule has 18 heavy (non-hydrogen) atoms. The van der Waals surface area contributed by atoms with Gasteiger partial charge in [0.15, 0.2) is 0 Å². The molecule has 1 heterocycles. The average Bonchev–Trinajstić information content (AvgIpc) is 2.80. The molecule has 0 saturated heterocycles. The fourth-order valence-corrected chi connectivity index (χ4v) is 3.61. The van der Waals surface area contributed by atoms with Crippen molar-refractivity contribution in [1.82, 2.24) is 0 Å². The molecule has 0 bridgehead atoms. The van der Waals surface area contributed by atoms with Crippen LogP contribution in [0.25, 0.3) is 0 Å².